The molecule has 2 aliphatic rings. The monoisotopic (exact) mass is 393 g/mol. The van der Waals surface area contributed by atoms with Gasteiger partial charge in [-0.15, -0.1) is 0 Å². The maximum Gasteiger partial charge on any atom is 0.0439 e. The molecule has 2 atom stereocenters. The lowest BCUT2D eigenvalue weighted by molar-refractivity contribution is 1.03. The average molecular weight is 394 g/mol. The van der Waals surface area contributed by atoms with Crippen LogP contribution in [-0.2, 0) is 0 Å². The summed E-state index contributed by atoms with van der Waals surface area (Å²) < 4.78 is 0. The summed E-state index contributed by atoms with van der Waals surface area (Å²) in [5, 5.41) is 0. The molecule has 1 aromatic heterocycles. The van der Waals surface area contributed by atoms with Crippen molar-refractivity contribution in [1.82, 2.24) is 4.98 Å². The summed E-state index contributed by atoms with van der Waals surface area (Å²) in [4.78, 5) is 4.25. The molecule has 0 aliphatic heterocycles. The van der Waals surface area contributed by atoms with Crippen molar-refractivity contribution in [2.24, 2.45) is 0 Å². The predicted octanol–water partition coefficient (Wildman–Crippen LogP) is 6.85. The van der Waals surface area contributed by atoms with E-state index >= 15 is 0 Å². The van der Waals surface area contributed by atoms with Crippen LogP contribution < -0.4 is 0 Å². The first-order valence-electron chi connectivity index (χ1n) is 10.6. The van der Waals surface area contributed by atoms with Crippen molar-refractivity contribution >= 4 is 20.4 Å². The molecule has 5 rings (SSSR count). The minimum Gasteiger partial charge on any atom is -0.265 e. The molecule has 2 aliphatic carbocycles. The zero-order valence-corrected chi connectivity index (χ0v) is 18.8. The molecule has 0 saturated heterocycles. The number of nitrogens with zero attached hydrogens (tertiary/aromatic N) is 1. The zero-order chi connectivity index (χ0) is 20.1. The van der Waals surface area contributed by atoms with Gasteiger partial charge in [0.2, 0.25) is 0 Å². The Labute approximate surface area is 175 Å². The molecule has 1 heterocycles. The molecule has 0 fully saturated rings. The fourth-order valence-corrected chi connectivity index (χ4v) is 7.77. The number of aromatic nitrogens is 1. The van der Waals surface area contributed by atoms with Crippen LogP contribution in [-0.4, -0.2) is 13.8 Å². The van der Waals surface area contributed by atoms with Gasteiger partial charge in [0.1, 0.15) is 0 Å². The third-order valence-electron chi connectivity index (χ3n) is 6.68. The molecule has 2 heteroatoms. The second kappa shape index (κ2) is 6.96. The van der Waals surface area contributed by atoms with Crippen molar-refractivity contribution in [1.29, 1.82) is 0 Å². The van der Waals surface area contributed by atoms with E-state index in [-0.39, 0.29) is 0 Å². The summed E-state index contributed by atoms with van der Waals surface area (Å²) >= 11 is 0. The summed E-state index contributed by atoms with van der Waals surface area (Å²) in [7, 11) is -0.910. The molecule has 0 radical (unpaired) electrons. The van der Waals surface area contributed by atoms with Gasteiger partial charge in [-0.1, -0.05) is 72.8 Å². The molecule has 29 heavy (non-hydrogen) atoms. The van der Waals surface area contributed by atoms with Gasteiger partial charge in [0.25, 0.3) is 0 Å². The molecule has 0 amide bonds. The maximum atomic E-state index is 4.25. The highest BCUT2D eigenvalue weighted by atomic mass is 28.3. The van der Waals surface area contributed by atoms with E-state index in [1.54, 1.807) is 16.7 Å². The molecule has 0 spiro atoms. The molecule has 2 unspecified atom stereocenters. The van der Waals surface area contributed by atoms with Gasteiger partial charge < -0.3 is 0 Å². The zero-order valence-electron chi connectivity index (χ0n) is 17.6. The van der Waals surface area contributed by atoms with Crippen molar-refractivity contribution in [2.75, 3.05) is 0 Å². The fourth-order valence-electron chi connectivity index (χ4n) is 5.59. The van der Waals surface area contributed by atoms with Gasteiger partial charge in [-0.05, 0) is 70.5 Å². The van der Waals surface area contributed by atoms with Gasteiger partial charge in [0.15, 0.2) is 0 Å². The largest absolute Gasteiger partial charge is 0.265 e. The highest BCUT2D eigenvalue weighted by Gasteiger charge is 2.38. The normalized spacial score (nSPS) is 20.1. The van der Waals surface area contributed by atoms with Crippen LogP contribution in [0.4, 0.5) is 0 Å². The lowest BCUT2D eigenvalue weighted by Gasteiger charge is -2.21. The molecular weight excluding hydrogens is 366 g/mol. The highest BCUT2D eigenvalue weighted by molar-refractivity contribution is 6.59. The number of hydrogen-bond acceptors (Lipinski definition) is 1. The van der Waals surface area contributed by atoms with Crippen LogP contribution in [0, 0.1) is 0 Å². The van der Waals surface area contributed by atoms with Gasteiger partial charge >= 0.3 is 0 Å². The standard InChI is InChI=1S/C27H27NSi/c1-17-16-20-8-5-6-9-22(20)24(17)25-18(2)27(29(3)4)23-11-7-10-21(26(23)25)19-12-14-28-15-13-19/h5-16,24,27,29H,1-4H3. The number of benzene rings is 2. The van der Waals surface area contributed by atoms with E-state index < -0.39 is 8.80 Å². The summed E-state index contributed by atoms with van der Waals surface area (Å²) in [5.74, 6) is 0.366. The quantitative estimate of drug-likeness (QED) is 0.444. The van der Waals surface area contributed by atoms with Crippen LogP contribution in [0.2, 0.25) is 13.1 Å². The Bertz CT molecular complexity index is 1150. The minimum absolute atomic E-state index is 0.366. The second-order valence-corrected chi connectivity index (χ2v) is 11.9. The van der Waals surface area contributed by atoms with Crippen LogP contribution in [0.25, 0.3) is 22.8 Å². The predicted molar refractivity (Wildman–Crippen MR) is 127 cm³/mol. The average Bonchev–Trinajstić information content (AvgIpc) is 3.20. The molecule has 2 aromatic carbocycles. The van der Waals surface area contributed by atoms with E-state index in [0.717, 1.165) is 0 Å². The van der Waals surface area contributed by atoms with E-state index in [1.807, 2.05) is 12.4 Å². The van der Waals surface area contributed by atoms with Crippen LogP contribution in [0.1, 0.15) is 47.6 Å². The molecule has 0 N–H and O–H groups in total. The lowest BCUT2D eigenvalue weighted by atomic mass is 9.82. The van der Waals surface area contributed by atoms with E-state index in [2.05, 4.69) is 92.6 Å². The number of fused-ring (bicyclic) bond motifs is 2. The summed E-state index contributed by atoms with van der Waals surface area (Å²) in [6, 6.07) is 20.1. The Morgan fingerprint density at radius 2 is 1.55 bits per heavy atom. The Kier molecular flexibility index (Phi) is 4.40. The number of hydrogen-bond donors (Lipinski definition) is 0. The van der Waals surface area contributed by atoms with Gasteiger partial charge in [0, 0.05) is 27.1 Å². The Morgan fingerprint density at radius 3 is 2.31 bits per heavy atom. The van der Waals surface area contributed by atoms with Gasteiger partial charge in [-0.2, -0.15) is 0 Å². The van der Waals surface area contributed by atoms with E-state index in [0.29, 0.717) is 11.5 Å². The van der Waals surface area contributed by atoms with Gasteiger partial charge in [0.05, 0.1) is 0 Å². The van der Waals surface area contributed by atoms with Gasteiger partial charge in [-0.3, -0.25) is 4.98 Å². The molecule has 3 aromatic rings. The Morgan fingerprint density at radius 1 is 0.828 bits per heavy atom. The van der Waals surface area contributed by atoms with Crippen molar-refractivity contribution in [3.63, 3.8) is 0 Å². The SMILES string of the molecule is CC1=Cc2ccccc2C1C1=C(C)C([SiH](C)C)c2cccc(-c3ccncc3)c21. The highest BCUT2D eigenvalue weighted by Crippen LogP contribution is 2.55. The topological polar surface area (TPSA) is 12.9 Å². The molecular formula is C27H27NSi. The first-order chi connectivity index (χ1) is 14.1. The van der Waals surface area contributed by atoms with E-state index in [9.17, 15) is 0 Å². The summed E-state index contributed by atoms with van der Waals surface area (Å²) in [6.07, 6.45) is 6.20. The van der Waals surface area contributed by atoms with E-state index in [1.165, 1.54) is 33.4 Å². The molecule has 0 bridgehead atoms. The molecule has 144 valence electrons. The fraction of sp³-hybridized carbons (Fsp3) is 0.222. The van der Waals surface area contributed by atoms with Crippen molar-refractivity contribution in [3.05, 3.63) is 100 Å². The van der Waals surface area contributed by atoms with Crippen molar-refractivity contribution < 1.29 is 0 Å². The van der Waals surface area contributed by atoms with Crippen LogP contribution in [0.3, 0.4) is 0 Å². The Balaban J connectivity index is 1.79. The third kappa shape index (κ3) is 2.78. The second-order valence-electron chi connectivity index (χ2n) is 8.77. The lowest BCUT2D eigenvalue weighted by Crippen LogP contribution is -2.15. The van der Waals surface area contributed by atoms with Crippen LogP contribution in [0.15, 0.2) is 78.1 Å². The number of pyridine rings is 1. The number of allylic oxidation sites excluding steroid dienone is 3. The smallest absolute Gasteiger partial charge is 0.0439 e. The molecule has 0 saturated carbocycles. The van der Waals surface area contributed by atoms with Crippen molar-refractivity contribution in [3.8, 4) is 11.1 Å². The van der Waals surface area contributed by atoms with Crippen molar-refractivity contribution in [2.45, 2.75) is 38.4 Å². The third-order valence-corrected chi connectivity index (χ3v) is 8.88. The first-order valence-corrected chi connectivity index (χ1v) is 13.6. The van der Waals surface area contributed by atoms with Crippen LogP contribution >= 0.6 is 0 Å². The van der Waals surface area contributed by atoms with Crippen LogP contribution in [0.5, 0.6) is 0 Å². The van der Waals surface area contributed by atoms with E-state index in [4.69, 9.17) is 0 Å². The van der Waals surface area contributed by atoms with Gasteiger partial charge in [-0.25, -0.2) is 0 Å². The molecule has 1 nitrogen and oxygen atoms in total. The summed E-state index contributed by atoms with van der Waals surface area (Å²) in [6.45, 7) is 9.69. The minimum atomic E-state index is -0.910. The number of rotatable bonds is 3. The first kappa shape index (κ1) is 18.3. The Hall–Kier alpha value is -2.71. The maximum absolute atomic E-state index is 4.25. The summed E-state index contributed by atoms with van der Waals surface area (Å²) in [5.41, 5.74) is 13.7.